The lowest BCUT2D eigenvalue weighted by Gasteiger charge is -2.04. The summed E-state index contributed by atoms with van der Waals surface area (Å²) >= 11 is 1.42. The summed E-state index contributed by atoms with van der Waals surface area (Å²) in [6.07, 6.45) is 7.37. The SMILES string of the molecule is COc1c(/C=C/c2cccn2C)nc2sccn2c1=O. The Bertz CT molecular complexity index is 842. The maximum atomic E-state index is 12.2. The van der Waals surface area contributed by atoms with E-state index in [0.29, 0.717) is 10.7 Å². The van der Waals surface area contributed by atoms with Gasteiger partial charge in [-0.1, -0.05) is 0 Å². The molecule has 0 saturated carbocycles. The van der Waals surface area contributed by atoms with E-state index in [9.17, 15) is 4.79 Å². The number of hydrogen-bond donors (Lipinski definition) is 0. The van der Waals surface area contributed by atoms with Crippen molar-refractivity contribution in [3.05, 3.63) is 51.6 Å². The zero-order chi connectivity index (χ0) is 14.1. The molecule has 3 aromatic heterocycles. The highest BCUT2D eigenvalue weighted by Crippen LogP contribution is 2.17. The summed E-state index contributed by atoms with van der Waals surface area (Å²) in [6.45, 7) is 0. The largest absolute Gasteiger partial charge is 0.490 e. The molecule has 0 spiro atoms. The predicted octanol–water partition coefficient (Wildman–Crippen LogP) is 2.27. The van der Waals surface area contributed by atoms with E-state index in [2.05, 4.69) is 4.98 Å². The van der Waals surface area contributed by atoms with Gasteiger partial charge in [-0.3, -0.25) is 9.20 Å². The molecule has 0 fully saturated rings. The topological polar surface area (TPSA) is 48.5 Å². The Morgan fingerprint density at radius 2 is 2.20 bits per heavy atom. The van der Waals surface area contributed by atoms with E-state index in [-0.39, 0.29) is 11.3 Å². The van der Waals surface area contributed by atoms with Crippen LogP contribution in [0.4, 0.5) is 0 Å². The minimum Gasteiger partial charge on any atom is -0.490 e. The van der Waals surface area contributed by atoms with Crippen LogP contribution in [0.15, 0.2) is 34.7 Å². The molecule has 0 aliphatic rings. The summed E-state index contributed by atoms with van der Waals surface area (Å²) in [5.41, 5.74) is 1.38. The van der Waals surface area contributed by atoms with E-state index in [0.717, 1.165) is 5.69 Å². The maximum absolute atomic E-state index is 12.2. The number of rotatable bonds is 3. The predicted molar refractivity (Wildman–Crippen MR) is 80.2 cm³/mol. The van der Waals surface area contributed by atoms with Crippen molar-refractivity contribution in [2.24, 2.45) is 7.05 Å². The van der Waals surface area contributed by atoms with Crippen LogP contribution in [0.2, 0.25) is 0 Å². The molecule has 0 unspecified atom stereocenters. The molecular weight excluding hydrogens is 274 g/mol. The third-order valence-corrected chi connectivity index (χ3v) is 3.81. The smallest absolute Gasteiger partial charge is 0.301 e. The lowest BCUT2D eigenvalue weighted by Crippen LogP contribution is -2.16. The minimum atomic E-state index is -0.190. The van der Waals surface area contributed by atoms with Gasteiger partial charge < -0.3 is 9.30 Å². The van der Waals surface area contributed by atoms with Crippen LogP contribution >= 0.6 is 11.3 Å². The number of nitrogens with zero attached hydrogens (tertiary/aromatic N) is 3. The Morgan fingerprint density at radius 1 is 1.35 bits per heavy atom. The highest BCUT2D eigenvalue weighted by molar-refractivity contribution is 7.15. The van der Waals surface area contributed by atoms with Gasteiger partial charge in [0.2, 0.25) is 5.75 Å². The summed E-state index contributed by atoms with van der Waals surface area (Å²) in [5.74, 6) is 0.256. The van der Waals surface area contributed by atoms with Crippen molar-refractivity contribution in [2.75, 3.05) is 7.11 Å². The van der Waals surface area contributed by atoms with Crippen LogP contribution in [0.1, 0.15) is 11.4 Å². The van der Waals surface area contributed by atoms with Gasteiger partial charge in [0.25, 0.3) is 0 Å². The molecule has 0 aromatic carbocycles. The summed E-state index contributed by atoms with van der Waals surface area (Å²) in [4.78, 5) is 17.3. The second-order valence-corrected chi connectivity index (χ2v) is 5.14. The third kappa shape index (κ3) is 2.04. The average Bonchev–Trinajstić information content (AvgIpc) is 3.05. The van der Waals surface area contributed by atoms with Gasteiger partial charge in [-0.2, -0.15) is 0 Å². The van der Waals surface area contributed by atoms with Gasteiger partial charge >= 0.3 is 5.56 Å². The fourth-order valence-electron chi connectivity index (χ4n) is 2.00. The lowest BCUT2D eigenvalue weighted by atomic mass is 10.3. The monoisotopic (exact) mass is 287 g/mol. The normalized spacial score (nSPS) is 11.5. The molecule has 20 heavy (non-hydrogen) atoms. The van der Waals surface area contributed by atoms with Crippen LogP contribution in [0, 0.1) is 0 Å². The zero-order valence-electron chi connectivity index (χ0n) is 11.1. The molecule has 0 atom stereocenters. The molecule has 102 valence electrons. The molecule has 0 amide bonds. The number of thiazole rings is 1. The van der Waals surface area contributed by atoms with Crippen LogP contribution in [-0.2, 0) is 7.05 Å². The van der Waals surface area contributed by atoms with Crippen molar-refractivity contribution in [1.29, 1.82) is 0 Å². The second kappa shape index (κ2) is 4.97. The van der Waals surface area contributed by atoms with Crippen molar-refractivity contribution in [3.63, 3.8) is 0 Å². The highest BCUT2D eigenvalue weighted by Gasteiger charge is 2.11. The van der Waals surface area contributed by atoms with Crippen LogP contribution in [0.25, 0.3) is 17.1 Å². The van der Waals surface area contributed by atoms with E-state index < -0.39 is 0 Å². The molecule has 3 heterocycles. The van der Waals surface area contributed by atoms with Gasteiger partial charge in [0.05, 0.1) is 7.11 Å². The Morgan fingerprint density at radius 3 is 2.90 bits per heavy atom. The molecular formula is C14H13N3O2S. The number of ether oxygens (including phenoxy) is 1. The molecule has 0 bridgehead atoms. The fraction of sp³-hybridized carbons (Fsp3) is 0.143. The van der Waals surface area contributed by atoms with Crippen LogP contribution < -0.4 is 10.3 Å². The average molecular weight is 287 g/mol. The molecule has 0 aliphatic carbocycles. The van der Waals surface area contributed by atoms with Crippen LogP contribution in [-0.4, -0.2) is 21.1 Å². The Labute approximate surface area is 119 Å². The summed E-state index contributed by atoms with van der Waals surface area (Å²) < 4.78 is 8.68. The number of hydrogen-bond acceptors (Lipinski definition) is 4. The highest BCUT2D eigenvalue weighted by atomic mass is 32.1. The molecule has 3 aromatic rings. The van der Waals surface area contributed by atoms with Crippen molar-refractivity contribution < 1.29 is 4.74 Å². The Balaban J connectivity index is 2.13. The number of fused-ring (bicyclic) bond motifs is 1. The van der Waals surface area contributed by atoms with Gasteiger partial charge in [0.15, 0.2) is 4.96 Å². The minimum absolute atomic E-state index is 0.190. The molecule has 6 heteroatoms. The zero-order valence-corrected chi connectivity index (χ0v) is 11.9. The van der Waals surface area contributed by atoms with Gasteiger partial charge in [-0.15, -0.1) is 11.3 Å². The third-order valence-electron chi connectivity index (χ3n) is 3.05. The van der Waals surface area contributed by atoms with Gasteiger partial charge in [-0.05, 0) is 24.3 Å². The standard InChI is InChI=1S/C14H13N3O2S/c1-16-7-3-4-10(16)5-6-11-12(19-2)13(18)17-8-9-20-14(17)15-11/h3-9H,1-2H3/b6-5+. The Hall–Kier alpha value is -2.34. The van der Waals surface area contributed by atoms with E-state index in [1.807, 2.05) is 41.4 Å². The van der Waals surface area contributed by atoms with E-state index in [1.165, 1.54) is 22.8 Å². The van der Waals surface area contributed by atoms with Gasteiger partial charge in [0, 0.05) is 30.5 Å². The second-order valence-electron chi connectivity index (χ2n) is 4.27. The number of aromatic nitrogens is 3. The van der Waals surface area contributed by atoms with E-state index in [1.54, 1.807) is 12.3 Å². The van der Waals surface area contributed by atoms with Crippen molar-refractivity contribution in [3.8, 4) is 5.75 Å². The molecule has 0 saturated heterocycles. The molecule has 0 radical (unpaired) electrons. The number of aryl methyl sites for hydroxylation is 1. The summed E-state index contributed by atoms with van der Waals surface area (Å²) in [6, 6.07) is 3.95. The van der Waals surface area contributed by atoms with E-state index in [4.69, 9.17) is 4.74 Å². The first-order valence-electron chi connectivity index (χ1n) is 6.04. The maximum Gasteiger partial charge on any atom is 0.301 e. The first kappa shape index (κ1) is 12.7. The lowest BCUT2D eigenvalue weighted by molar-refractivity contribution is 0.404. The van der Waals surface area contributed by atoms with Crippen molar-refractivity contribution in [2.45, 2.75) is 0 Å². The first-order chi connectivity index (χ1) is 9.70. The van der Waals surface area contributed by atoms with Crippen molar-refractivity contribution >= 4 is 28.4 Å². The van der Waals surface area contributed by atoms with Crippen molar-refractivity contribution in [1.82, 2.24) is 14.0 Å². The van der Waals surface area contributed by atoms with Gasteiger partial charge in [-0.25, -0.2) is 4.98 Å². The quantitative estimate of drug-likeness (QED) is 0.742. The Kier molecular flexibility index (Phi) is 3.15. The molecule has 0 N–H and O–H groups in total. The van der Waals surface area contributed by atoms with Gasteiger partial charge in [0.1, 0.15) is 5.69 Å². The molecule has 3 rings (SSSR count). The fourth-order valence-corrected chi connectivity index (χ4v) is 2.71. The summed E-state index contributed by atoms with van der Waals surface area (Å²) in [7, 11) is 3.44. The molecule has 5 nitrogen and oxygen atoms in total. The van der Waals surface area contributed by atoms with Crippen LogP contribution in [0.5, 0.6) is 5.75 Å². The van der Waals surface area contributed by atoms with Crippen LogP contribution in [0.3, 0.4) is 0 Å². The number of methoxy groups -OCH3 is 1. The first-order valence-corrected chi connectivity index (χ1v) is 6.92. The molecule has 0 aliphatic heterocycles. The van der Waals surface area contributed by atoms with E-state index >= 15 is 0 Å². The summed E-state index contributed by atoms with van der Waals surface area (Å²) in [5, 5.41) is 1.83.